The molecule has 0 radical (unpaired) electrons. The van der Waals surface area contributed by atoms with Crippen LogP contribution >= 0.6 is 11.6 Å². The molecule has 1 aromatic carbocycles. The Morgan fingerprint density at radius 3 is 2.62 bits per heavy atom. The summed E-state index contributed by atoms with van der Waals surface area (Å²) in [6, 6.07) is 1.66. The molecule has 0 heterocycles. The third-order valence-electron chi connectivity index (χ3n) is 2.14. The van der Waals surface area contributed by atoms with Crippen molar-refractivity contribution in [3.63, 3.8) is 0 Å². The molecule has 0 aliphatic rings. The van der Waals surface area contributed by atoms with Crippen molar-refractivity contribution >= 4 is 17.6 Å². The second-order valence-corrected chi connectivity index (χ2v) is 3.72. The molecule has 0 saturated carbocycles. The molecule has 0 aliphatic carbocycles. The SMILES string of the molecule is COc1c(OCC(=O)O)cc(C)c(Cl)c1C. The fourth-order valence-corrected chi connectivity index (χ4v) is 1.55. The second-order valence-electron chi connectivity index (χ2n) is 3.35. The molecule has 0 fully saturated rings. The number of halogens is 1. The predicted octanol–water partition coefficient (Wildman–Crippen LogP) is 2.43. The molecule has 0 spiro atoms. The molecule has 1 N–H and O–H groups in total. The van der Waals surface area contributed by atoms with Crippen LogP contribution in [0.25, 0.3) is 0 Å². The van der Waals surface area contributed by atoms with Crippen LogP contribution < -0.4 is 9.47 Å². The number of aryl methyl sites for hydroxylation is 1. The van der Waals surface area contributed by atoms with E-state index < -0.39 is 12.6 Å². The minimum atomic E-state index is -1.03. The highest BCUT2D eigenvalue weighted by Gasteiger charge is 2.14. The van der Waals surface area contributed by atoms with Crippen molar-refractivity contribution in [2.75, 3.05) is 13.7 Å². The number of hydrogen-bond donors (Lipinski definition) is 1. The normalized spacial score (nSPS) is 10.0. The summed E-state index contributed by atoms with van der Waals surface area (Å²) in [4.78, 5) is 10.4. The van der Waals surface area contributed by atoms with Crippen molar-refractivity contribution in [2.24, 2.45) is 0 Å². The number of hydrogen-bond acceptors (Lipinski definition) is 3. The van der Waals surface area contributed by atoms with Gasteiger partial charge in [0.2, 0.25) is 0 Å². The molecule has 16 heavy (non-hydrogen) atoms. The Morgan fingerprint density at radius 2 is 2.12 bits per heavy atom. The third-order valence-corrected chi connectivity index (χ3v) is 2.72. The van der Waals surface area contributed by atoms with Crippen LogP contribution in [0.4, 0.5) is 0 Å². The predicted molar refractivity (Wildman–Crippen MR) is 60.6 cm³/mol. The lowest BCUT2D eigenvalue weighted by molar-refractivity contribution is -0.139. The summed E-state index contributed by atoms with van der Waals surface area (Å²) < 4.78 is 10.3. The van der Waals surface area contributed by atoms with E-state index >= 15 is 0 Å². The van der Waals surface area contributed by atoms with Crippen molar-refractivity contribution in [3.05, 3.63) is 22.2 Å². The maximum atomic E-state index is 10.4. The molecule has 0 amide bonds. The molecule has 0 unspecified atom stereocenters. The van der Waals surface area contributed by atoms with Crippen molar-refractivity contribution in [3.8, 4) is 11.5 Å². The topological polar surface area (TPSA) is 55.8 Å². The highest BCUT2D eigenvalue weighted by molar-refractivity contribution is 6.32. The summed E-state index contributed by atoms with van der Waals surface area (Å²) in [5.41, 5.74) is 1.56. The maximum absolute atomic E-state index is 10.4. The van der Waals surface area contributed by atoms with E-state index in [9.17, 15) is 4.79 Å². The summed E-state index contributed by atoms with van der Waals surface area (Å²) in [6.07, 6.45) is 0. The van der Waals surface area contributed by atoms with E-state index in [1.54, 1.807) is 13.0 Å². The number of methoxy groups -OCH3 is 1. The van der Waals surface area contributed by atoms with Crippen molar-refractivity contribution in [2.45, 2.75) is 13.8 Å². The Morgan fingerprint density at radius 1 is 1.50 bits per heavy atom. The Kier molecular flexibility index (Phi) is 4.01. The average molecular weight is 245 g/mol. The molecule has 88 valence electrons. The van der Waals surface area contributed by atoms with Crippen LogP contribution in [0, 0.1) is 13.8 Å². The third kappa shape index (κ3) is 2.58. The highest BCUT2D eigenvalue weighted by Crippen LogP contribution is 2.37. The van der Waals surface area contributed by atoms with Crippen LogP contribution in [0.15, 0.2) is 6.07 Å². The summed E-state index contributed by atoms with van der Waals surface area (Å²) in [7, 11) is 1.49. The van der Waals surface area contributed by atoms with Crippen LogP contribution in [-0.2, 0) is 4.79 Å². The number of carboxylic acids is 1. The molecular formula is C11H13ClO4. The summed E-state index contributed by atoms with van der Waals surface area (Å²) >= 11 is 6.04. The fourth-order valence-electron chi connectivity index (χ4n) is 1.41. The Labute approximate surface area is 98.7 Å². The Balaban J connectivity index is 3.12. The molecular weight excluding hydrogens is 232 g/mol. The van der Waals surface area contributed by atoms with E-state index in [1.165, 1.54) is 7.11 Å². The minimum absolute atomic E-state index is 0.393. The van der Waals surface area contributed by atoms with Gasteiger partial charge >= 0.3 is 5.97 Å². The molecule has 0 atom stereocenters. The van der Waals surface area contributed by atoms with E-state index in [4.69, 9.17) is 26.2 Å². The van der Waals surface area contributed by atoms with Gasteiger partial charge in [0, 0.05) is 5.56 Å². The van der Waals surface area contributed by atoms with Crippen molar-refractivity contribution < 1.29 is 19.4 Å². The standard InChI is InChI=1S/C11H13ClO4/c1-6-4-8(16-5-9(13)14)11(15-3)7(2)10(6)12/h4H,5H2,1-3H3,(H,13,14). The first-order chi connectivity index (χ1) is 7.47. The molecule has 0 aromatic heterocycles. The first-order valence-corrected chi connectivity index (χ1v) is 5.03. The van der Waals surface area contributed by atoms with Gasteiger partial charge in [-0.25, -0.2) is 4.79 Å². The van der Waals surface area contributed by atoms with Gasteiger partial charge in [-0.2, -0.15) is 0 Å². The van der Waals surface area contributed by atoms with Gasteiger partial charge in [0.15, 0.2) is 18.1 Å². The van der Waals surface area contributed by atoms with Crippen LogP contribution in [-0.4, -0.2) is 24.8 Å². The zero-order valence-electron chi connectivity index (χ0n) is 9.33. The fraction of sp³-hybridized carbons (Fsp3) is 0.364. The van der Waals surface area contributed by atoms with Crippen LogP contribution in [0.3, 0.4) is 0 Å². The van der Waals surface area contributed by atoms with Gasteiger partial charge in [0.05, 0.1) is 12.1 Å². The molecule has 1 aromatic rings. The molecule has 0 saturated heterocycles. The summed E-state index contributed by atoms with van der Waals surface area (Å²) in [5, 5.41) is 9.14. The highest BCUT2D eigenvalue weighted by atomic mass is 35.5. The van der Waals surface area contributed by atoms with E-state index in [0.717, 1.165) is 11.1 Å². The lowest BCUT2D eigenvalue weighted by Gasteiger charge is -2.14. The molecule has 0 bridgehead atoms. The molecule has 1 rings (SSSR count). The Bertz CT molecular complexity index is 415. The quantitative estimate of drug-likeness (QED) is 0.884. The van der Waals surface area contributed by atoms with E-state index in [0.29, 0.717) is 16.5 Å². The molecule has 4 nitrogen and oxygen atoms in total. The van der Waals surface area contributed by atoms with Gasteiger partial charge in [-0.15, -0.1) is 0 Å². The van der Waals surface area contributed by atoms with Gasteiger partial charge in [0.25, 0.3) is 0 Å². The maximum Gasteiger partial charge on any atom is 0.341 e. The number of carbonyl (C=O) groups is 1. The van der Waals surface area contributed by atoms with Crippen LogP contribution in [0.2, 0.25) is 5.02 Å². The van der Waals surface area contributed by atoms with Crippen LogP contribution in [0.5, 0.6) is 11.5 Å². The number of rotatable bonds is 4. The largest absolute Gasteiger partial charge is 0.493 e. The minimum Gasteiger partial charge on any atom is -0.493 e. The first-order valence-electron chi connectivity index (χ1n) is 4.65. The van der Waals surface area contributed by atoms with Gasteiger partial charge in [-0.05, 0) is 25.5 Å². The number of ether oxygens (including phenoxy) is 2. The van der Waals surface area contributed by atoms with E-state index in [2.05, 4.69) is 0 Å². The van der Waals surface area contributed by atoms with Gasteiger partial charge in [0.1, 0.15) is 0 Å². The van der Waals surface area contributed by atoms with Crippen LogP contribution in [0.1, 0.15) is 11.1 Å². The first kappa shape index (κ1) is 12.6. The zero-order chi connectivity index (χ0) is 12.3. The van der Waals surface area contributed by atoms with E-state index in [1.807, 2.05) is 6.92 Å². The number of carboxylic acid groups (broad SMARTS) is 1. The number of benzene rings is 1. The monoisotopic (exact) mass is 244 g/mol. The van der Waals surface area contributed by atoms with Crippen molar-refractivity contribution in [1.29, 1.82) is 0 Å². The Hall–Kier alpha value is -1.42. The lowest BCUT2D eigenvalue weighted by atomic mass is 10.1. The van der Waals surface area contributed by atoms with Crippen molar-refractivity contribution in [1.82, 2.24) is 0 Å². The van der Waals surface area contributed by atoms with Gasteiger partial charge < -0.3 is 14.6 Å². The average Bonchev–Trinajstić information content (AvgIpc) is 2.23. The lowest BCUT2D eigenvalue weighted by Crippen LogP contribution is -2.10. The molecule has 5 heteroatoms. The molecule has 0 aliphatic heterocycles. The van der Waals surface area contributed by atoms with Gasteiger partial charge in [-0.3, -0.25) is 0 Å². The van der Waals surface area contributed by atoms with Gasteiger partial charge in [-0.1, -0.05) is 11.6 Å². The zero-order valence-corrected chi connectivity index (χ0v) is 10.1. The summed E-state index contributed by atoms with van der Waals surface area (Å²) in [5.74, 6) is -0.173. The second kappa shape index (κ2) is 5.07. The summed E-state index contributed by atoms with van der Waals surface area (Å²) in [6.45, 7) is 3.21. The smallest absolute Gasteiger partial charge is 0.341 e. The number of aliphatic carboxylic acids is 1. The van der Waals surface area contributed by atoms with E-state index in [-0.39, 0.29) is 0 Å².